The molecule has 2 rings (SSSR count). The molecule has 0 aliphatic carbocycles. The summed E-state index contributed by atoms with van der Waals surface area (Å²) in [6.07, 6.45) is 3.38. The number of carbonyl (C=O) groups is 1. The summed E-state index contributed by atoms with van der Waals surface area (Å²) in [7, 11) is 0. The number of nitrogens with zero attached hydrogens (tertiary/aromatic N) is 5. The van der Waals surface area contributed by atoms with Crippen LogP contribution in [0.25, 0.3) is 11.4 Å². The molecule has 0 saturated heterocycles. The first-order valence-electron chi connectivity index (χ1n) is 6.70. The summed E-state index contributed by atoms with van der Waals surface area (Å²) in [6.45, 7) is 7.85. The summed E-state index contributed by atoms with van der Waals surface area (Å²) in [6, 6.07) is 1.58. The Morgan fingerprint density at radius 3 is 2.67 bits per heavy atom. The minimum absolute atomic E-state index is 0.0409. The molecule has 1 N–H and O–H groups in total. The quantitative estimate of drug-likeness (QED) is 0.926. The Balaban J connectivity index is 2.49. The predicted octanol–water partition coefficient (Wildman–Crippen LogP) is 2.11. The van der Waals surface area contributed by atoms with Crippen LogP contribution in [0.15, 0.2) is 18.5 Å². The lowest BCUT2D eigenvalue weighted by molar-refractivity contribution is -0.138. The van der Waals surface area contributed by atoms with Crippen molar-refractivity contribution in [2.24, 2.45) is 5.41 Å². The van der Waals surface area contributed by atoms with Gasteiger partial charge in [-0.15, -0.1) is 5.10 Å². The first-order chi connectivity index (χ1) is 9.79. The van der Waals surface area contributed by atoms with E-state index in [1.54, 1.807) is 17.1 Å². The van der Waals surface area contributed by atoms with Gasteiger partial charge in [0.2, 0.25) is 0 Å². The number of carboxylic acids is 1. The van der Waals surface area contributed by atoms with Crippen molar-refractivity contribution in [2.75, 3.05) is 0 Å². The molecular formula is C14H19N5O2. The van der Waals surface area contributed by atoms with E-state index in [1.165, 1.54) is 0 Å². The van der Waals surface area contributed by atoms with Crippen LogP contribution in [0.1, 0.15) is 38.8 Å². The van der Waals surface area contributed by atoms with Crippen molar-refractivity contribution < 1.29 is 9.90 Å². The van der Waals surface area contributed by atoms with Crippen LogP contribution < -0.4 is 0 Å². The summed E-state index contributed by atoms with van der Waals surface area (Å²) in [5, 5.41) is 20.9. The van der Waals surface area contributed by atoms with Gasteiger partial charge in [0.1, 0.15) is 0 Å². The van der Waals surface area contributed by atoms with Crippen molar-refractivity contribution in [1.82, 2.24) is 25.2 Å². The third-order valence-electron chi connectivity index (χ3n) is 3.29. The van der Waals surface area contributed by atoms with E-state index in [1.807, 2.05) is 33.8 Å². The molecule has 0 bridgehead atoms. The third kappa shape index (κ3) is 3.42. The highest BCUT2D eigenvalue weighted by Crippen LogP contribution is 2.35. The second kappa shape index (κ2) is 5.59. The first-order valence-corrected chi connectivity index (χ1v) is 6.70. The molecule has 0 aliphatic rings. The van der Waals surface area contributed by atoms with E-state index < -0.39 is 5.97 Å². The van der Waals surface area contributed by atoms with Crippen molar-refractivity contribution in [3.8, 4) is 11.4 Å². The average Bonchev–Trinajstić information content (AvgIpc) is 2.83. The highest BCUT2D eigenvalue weighted by Gasteiger charge is 2.32. The first kappa shape index (κ1) is 15.1. The Hall–Kier alpha value is -2.31. The van der Waals surface area contributed by atoms with Gasteiger partial charge in [-0.25, -0.2) is 4.68 Å². The van der Waals surface area contributed by atoms with Gasteiger partial charge in [0, 0.05) is 18.0 Å². The second-order valence-electron chi connectivity index (χ2n) is 6.18. The van der Waals surface area contributed by atoms with Crippen molar-refractivity contribution in [2.45, 2.75) is 40.2 Å². The number of aromatic nitrogens is 5. The molecule has 0 aliphatic heterocycles. The van der Waals surface area contributed by atoms with Gasteiger partial charge in [0.25, 0.3) is 0 Å². The van der Waals surface area contributed by atoms with Crippen LogP contribution in [0, 0.1) is 12.3 Å². The van der Waals surface area contributed by atoms with Gasteiger partial charge >= 0.3 is 5.97 Å². The normalized spacial score (nSPS) is 13.1. The number of tetrazole rings is 1. The predicted molar refractivity (Wildman–Crippen MR) is 76.5 cm³/mol. The largest absolute Gasteiger partial charge is 0.481 e. The Kier molecular flexibility index (Phi) is 4.02. The topological polar surface area (TPSA) is 93.8 Å². The lowest BCUT2D eigenvalue weighted by Gasteiger charge is -2.29. The van der Waals surface area contributed by atoms with Gasteiger partial charge < -0.3 is 5.11 Å². The Morgan fingerprint density at radius 2 is 2.10 bits per heavy atom. The number of hydrogen-bond acceptors (Lipinski definition) is 5. The third-order valence-corrected chi connectivity index (χ3v) is 3.29. The molecule has 0 spiro atoms. The second-order valence-corrected chi connectivity index (χ2v) is 6.18. The molecule has 7 heteroatoms. The van der Waals surface area contributed by atoms with Crippen LogP contribution in [-0.2, 0) is 4.79 Å². The van der Waals surface area contributed by atoms with Crippen LogP contribution in [0.3, 0.4) is 0 Å². The molecule has 2 aromatic rings. The summed E-state index contributed by atoms with van der Waals surface area (Å²) in [4.78, 5) is 15.3. The Morgan fingerprint density at radius 1 is 1.38 bits per heavy atom. The number of carboxylic acid groups (broad SMARTS) is 1. The Bertz CT molecular complexity index is 645. The van der Waals surface area contributed by atoms with E-state index in [2.05, 4.69) is 20.5 Å². The molecule has 0 fully saturated rings. The zero-order chi connectivity index (χ0) is 15.6. The summed E-state index contributed by atoms with van der Waals surface area (Å²) >= 11 is 0. The van der Waals surface area contributed by atoms with Crippen LogP contribution in [0.2, 0.25) is 0 Å². The zero-order valence-electron chi connectivity index (χ0n) is 12.6. The smallest absolute Gasteiger partial charge is 0.305 e. The molecule has 0 amide bonds. The van der Waals surface area contributed by atoms with Gasteiger partial charge in [-0.2, -0.15) is 0 Å². The maximum atomic E-state index is 11.2. The van der Waals surface area contributed by atoms with E-state index in [-0.39, 0.29) is 17.9 Å². The molecule has 7 nitrogen and oxygen atoms in total. The number of rotatable bonds is 4. The van der Waals surface area contributed by atoms with Gasteiger partial charge in [0.05, 0.1) is 12.5 Å². The summed E-state index contributed by atoms with van der Waals surface area (Å²) in [5.41, 5.74) is 1.48. The highest BCUT2D eigenvalue weighted by atomic mass is 16.4. The molecule has 0 aromatic carbocycles. The summed E-state index contributed by atoms with van der Waals surface area (Å²) < 4.78 is 1.59. The minimum atomic E-state index is -0.876. The minimum Gasteiger partial charge on any atom is -0.481 e. The maximum Gasteiger partial charge on any atom is 0.305 e. The fourth-order valence-corrected chi connectivity index (χ4v) is 2.20. The fraction of sp³-hybridized carbons (Fsp3) is 0.500. The molecule has 2 heterocycles. The van der Waals surface area contributed by atoms with E-state index >= 15 is 0 Å². The van der Waals surface area contributed by atoms with E-state index in [4.69, 9.17) is 5.11 Å². The number of pyridine rings is 1. The molecule has 0 radical (unpaired) electrons. The van der Waals surface area contributed by atoms with Crippen molar-refractivity contribution >= 4 is 5.97 Å². The molecule has 112 valence electrons. The van der Waals surface area contributed by atoms with E-state index in [9.17, 15) is 4.79 Å². The van der Waals surface area contributed by atoms with Gasteiger partial charge in [0.15, 0.2) is 5.82 Å². The van der Waals surface area contributed by atoms with Gasteiger partial charge in [-0.1, -0.05) is 20.8 Å². The Labute approximate surface area is 123 Å². The van der Waals surface area contributed by atoms with Crippen LogP contribution in [0.5, 0.6) is 0 Å². The van der Waals surface area contributed by atoms with Crippen molar-refractivity contribution in [3.63, 3.8) is 0 Å². The molecule has 2 aromatic heterocycles. The van der Waals surface area contributed by atoms with Crippen LogP contribution in [-0.4, -0.2) is 36.3 Å². The van der Waals surface area contributed by atoms with Gasteiger partial charge in [-0.05, 0) is 34.4 Å². The maximum absolute atomic E-state index is 11.2. The van der Waals surface area contributed by atoms with Crippen LogP contribution >= 0.6 is 0 Å². The molecular weight excluding hydrogens is 270 g/mol. The molecule has 1 atom stereocenters. The zero-order valence-corrected chi connectivity index (χ0v) is 12.6. The molecule has 0 saturated carbocycles. The van der Waals surface area contributed by atoms with Crippen LogP contribution in [0.4, 0.5) is 0 Å². The van der Waals surface area contributed by atoms with E-state index in [0.717, 1.165) is 11.1 Å². The number of hydrogen-bond donors (Lipinski definition) is 1. The highest BCUT2D eigenvalue weighted by molar-refractivity contribution is 5.67. The summed E-state index contributed by atoms with van der Waals surface area (Å²) in [5.74, 6) is -0.342. The van der Waals surface area contributed by atoms with E-state index in [0.29, 0.717) is 5.82 Å². The SMILES string of the molecule is Cc1cncc(-c2nnnn2C(CC(=O)O)C(C)(C)C)c1. The number of aryl methyl sites for hydroxylation is 1. The van der Waals surface area contributed by atoms with Gasteiger partial charge in [-0.3, -0.25) is 9.78 Å². The lowest BCUT2D eigenvalue weighted by Crippen LogP contribution is -2.28. The average molecular weight is 289 g/mol. The molecule has 21 heavy (non-hydrogen) atoms. The van der Waals surface area contributed by atoms with Crippen molar-refractivity contribution in [1.29, 1.82) is 0 Å². The monoisotopic (exact) mass is 289 g/mol. The molecule has 1 unspecified atom stereocenters. The fourth-order valence-electron chi connectivity index (χ4n) is 2.20. The number of aliphatic carboxylic acids is 1. The van der Waals surface area contributed by atoms with Crippen molar-refractivity contribution in [3.05, 3.63) is 24.0 Å². The standard InChI is InChI=1S/C14H19N5O2/c1-9-5-10(8-15-7-9)13-16-17-18-19(13)11(6-12(20)21)14(2,3)4/h5,7-8,11H,6H2,1-4H3,(H,20,21). The lowest BCUT2D eigenvalue weighted by atomic mass is 9.84.